The minimum Gasteiger partial charge on any atom is -0.235 e. The minimum atomic E-state index is -0.523. The van der Waals surface area contributed by atoms with Crippen molar-refractivity contribution in [1.29, 1.82) is 0 Å². The molecular formula is C10H12N2O2. The summed E-state index contributed by atoms with van der Waals surface area (Å²) in [5, 5.41) is 9.71. The van der Waals surface area contributed by atoms with Crippen LogP contribution < -0.4 is 5.43 Å². The van der Waals surface area contributed by atoms with E-state index in [0.29, 0.717) is 5.69 Å². The summed E-state index contributed by atoms with van der Waals surface area (Å²) in [7, 11) is 0. The molecule has 0 fully saturated rings. The van der Waals surface area contributed by atoms with Gasteiger partial charge in [0, 0.05) is 0 Å². The van der Waals surface area contributed by atoms with Crippen molar-refractivity contribution >= 4 is 5.69 Å². The van der Waals surface area contributed by atoms with Gasteiger partial charge in [-0.25, -0.2) is 10.1 Å². The van der Waals surface area contributed by atoms with Gasteiger partial charge in [-0.1, -0.05) is 6.07 Å². The number of anilines is 1. The summed E-state index contributed by atoms with van der Waals surface area (Å²) in [6.07, 6.45) is 4.57. The quantitative estimate of drug-likeness (QED) is 0.577. The molecule has 1 aromatic rings. The number of nitrogens with one attached hydrogen (secondary N) is 1. The van der Waals surface area contributed by atoms with Crippen molar-refractivity contribution in [3.63, 3.8) is 0 Å². The summed E-state index contributed by atoms with van der Waals surface area (Å²) in [4.78, 5) is 10.2. The van der Waals surface area contributed by atoms with E-state index in [2.05, 4.69) is 5.43 Å². The van der Waals surface area contributed by atoms with Crippen LogP contribution in [0, 0.1) is 10.1 Å². The second-order valence-corrected chi connectivity index (χ2v) is 3.56. The maximum absolute atomic E-state index is 10.2. The van der Waals surface area contributed by atoms with Crippen molar-refractivity contribution < 1.29 is 5.03 Å². The summed E-state index contributed by atoms with van der Waals surface area (Å²) < 4.78 is 0. The normalized spacial score (nSPS) is 14.6. The number of nitrogens with zero attached hydrogens (tertiary/aromatic N) is 1. The number of aryl methyl sites for hydroxylation is 2. The summed E-state index contributed by atoms with van der Waals surface area (Å²) in [5.41, 5.74) is 5.35. The van der Waals surface area contributed by atoms with Crippen LogP contribution in [0.1, 0.15) is 24.0 Å². The molecule has 0 amide bonds. The maximum atomic E-state index is 10.2. The van der Waals surface area contributed by atoms with E-state index in [-0.39, 0.29) is 0 Å². The number of hydrogen-bond donors (Lipinski definition) is 1. The molecule has 4 heteroatoms. The smallest absolute Gasteiger partial charge is 0.162 e. The molecule has 0 unspecified atom stereocenters. The highest BCUT2D eigenvalue weighted by Crippen LogP contribution is 2.23. The summed E-state index contributed by atoms with van der Waals surface area (Å²) >= 11 is 0. The molecule has 0 aliphatic heterocycles. The number of nitro groups is 1. The van der Waals surface area contributed by atoms with Crippen molar-refractivity contribution in [2.45, 2.75) is 25.7 Å². The minimum absolute atomic E-state index is 0.523. The summed E-state index contributed by atoms with van der Waals surface area (Å²) in [5.74, 6) is 0. The lowest BCUT2D eigenvalue weighted by Gasteiger charge is -2.15. The first-order valence-corrected chi connectivity index (χ1v) is 4.78. The first-order valence-electron chi connectivity index (χ1n) is 4.78. The Morgan fingerprint density at radius 1 is 1.21 bits per heavy atom. The first-order chi connectivity index (χ1) is 6.75. The molecule has 4 nitrogen and oxygen atoms in total. The van der Waals surface area contributed by atoms with E-state index >= 15 is 0 Å². The molecule has 0 bridgehead atoms. The number of hydrogen-bond acceptors (Lipinski definition) is 2. The third kappa shape index (κ3) is 1.84. The maximum Gasteiger partial charge on any atom is 0.162 e. The van der Waals surface area contributed by atoms with Crippen LogP contribution in [0.25, 0.3) is 0 Å². The molecule has 0 atom stereocenters. The molecule has 0 spiro atoms. The van der Waals surface area contributed by atoms with Gasteiger partial charge in [-0.15, -0.1) is 5.43 Å². The number of hydrazine groups is 1. The summed E-state index contributed by atoms with van der Waals surface area (Å²) in [6, 6.07) is 5.64. The Hall–Kier alpha value is -1.58. The fourth-order valence-electron chi connectivity index (χ4n) is 1.91. The fourth-order valence-corrected chi connectivity index (χ4v) is 1.91. The lowest BCUT2D eigenvalue weighted by atomic mass is 9.91. The van der Waals surface area contributed by atoms with Crippen molar-refractivity contribution in [3.05, 3.63) is 39.4 Å². The van der Waals surface area contributed by atoms with Crippen LogP contribution in [0.5, 0.6) is 0 Å². The Kier molecular flexibility index (Phi) is 2.35. The van der Waals surface area contributed by atoms with Gasteiger partial charge < -0.3 is 0 Å². The number of fused-ring (bicyclic) bond motifs is 1. The van der Waals surface area contributed by atoms with E-state index in [4.69, 9.17) is 0 Å². The third-order valence-electron chi connectivity index (χ3n) is 2.57. The zero-order valence-corrected chi connectivity index (χ0v) is 7.82. The molecule has 0 radical (unpaired) electrons. The third-order valence-corrected chi connectivity index (χ3v) is 2.57. The van der Waals surface area contributed by atoms with Gasteiger partial charge in [0.05, 0.1) is 0 Å². The molecule has 2 rings (SSSR count). The van der Waals surface area contributed by atoms with Gasteiger partial charge in [0.25, 0.3) is 0 Å². The van der Waals surface area contributed by atoms with E-state index in [1.807, 2.05) is 12.1 Å². The molecule has 1 aliphatic rings. The lowest BCUT2D eigenvalue weighted by Crippen LogP contribution is -2.09. The fraction of sp³-hybridized carbons (Fsp3) is 0.400. The second-order valence-electron chi connectivity index (χ2n) is 3.56. The molecule has 0 heterocycles. The van der Waals surface area contributed by atoms with E-state index in [0.717, 1.165) is 12.8 Å². The lowest BCUT2D eigenvalue weighted by molar-refractivity contribution is -0.445. The van der Waals surface area contributed by atoms with E-state index in [1.165, 1.54) is 24.0 Å². The molecule has 1 aromatic carbocycles. The molecule has 1 N–H and O–H groups in total. The van der Waals surface area contributed by atoms with Crippen LogP contribution in [-0.4, -0.2) is 5.03 Å². The van der Waals surface area contributed by atoms with E-state index in [9.17, 15) is 10.1 Å². The molecule has 74 valence electrons. The average molecular weight is 192 g/mol. The van der Waals surface area contributed by atoms with Crippen molar-refractivity contribution in [2.24, 2.45) is 0 Å². The largest absolute Gasteiger partial charge is 0.235 e. The molecule has 0 aromatic heterocycles. The molecule has 0 saturated heterocycles. The molecule has 1 aliphatic carbocycles. The topological polar surface area (TPSA) is 55.2 Å². The van der Waals surface area contributed by atoms with Crippen LogP contribution in [0.3, 0.4) is 0 Å². The van der Waals surface area contributed by atoms with Crippen LogP contribution in [-0.2, 0) is 12.8 Å². The standard InChI is InChI=1S/C10H12N2O2/c13-12(14)11-10-6-5-8-3-1-2-4-9(8)7-10/h5-7,11H,1-4H2. The Balaban J connectivity index is 2.24. The first kappa shape index (κ1) is 8.99. The van der Waals surface area contributed by atoms with Crippen LogP contribution in [0.15, 0.2) is 18.2 Å². The zero-order chi connectivity index (χ0) is 9.97. The predicted octanol–water partition coefficient (Wildman–Crippen LogP) is 2.17. The van der Waals surface area contributed by atoms with E-state index in [1.54, 1.807) is 6.07 Å². The van der Waals surface area contributed by atoms with E-state index < -0.39 is 5.03 Å². The van der Waals surface area contributed by atoms with Crippen molar-refractivity contribution in [3.8, 4) is 0 Å². The highest BCUT2D eigenvalue weighted by atomic mass is 16.7. The number of rotatable bonds is 2. The Labute approximate surface area is 82.1 Å². The molecular weight excluding hydrogens is 180 g/mol. The average Bonchev–Trinajstić information content (AvgIpc) is 2.17. The highest BCUT2D eigenvalue weighted by molar-refractivity contribution is 5.47. The van der Waals surface area contributed by atoms with Crippen molar-refractivity contribution in [1.82, 2.24) is 0 Å². The Bertz CT molecular complexity index is 363. The van der Waals surface area contributed by atoms with Gasteiger partial charge >= 0.3 is 0 Å². The summed E-state index contributed by atoms with van der Waals surface area (Å²) in [6.45, 7) is 0. The highest BCUT2D eigenvalue weighted by Gasteiger charge is 2.10. The Morgan fingerprint density at radius 2 is 1.93 bits per heavy atom. The predicted molar refractivity (Wildman–Crippen MR) is 53.7 cm³/mol. The van der Waals surface area contributed by atoms with Crippen molar-refractivity contribution in [2.75, 3.05) is 5.43 Å². The molecule has 0 saturated carbocycles. The molecule has 14 heavy (non-hydrogen) atoms. The Morgan fingerprint density at radius 3 is 2.64 bits per heavy atom. The number of benzene rings is 1. The van der Waals surface area contributed by atoms with Gasteiger partial charge in [-0.05, 0) is 48.9 Å². The monoisotopic (exact) mass is 192 g/mol. The zero-order valence-electron chi connectivity index (χ0n) is 7.82. The second kappa shape index (κ2) is 3.65. The van der Waals surface area contributed by atoms with Gasteiger partial charge in [0.2, 0.25) is 0 Å². The van der Waals surface area contributed by atoms with Crippen LogP contribution >= 0.6 is 0 Å². The van der Waals surface area contributed by atoms with Gasteiger partial charge in [0.1, 0.15) is 5.69 Å². The SMILES string of the molecule is O=[N+]([O-])Nc1ccc2c(c1)CCCC2. The van der Waals surface area contributed by atoms with Gasteiger partial charge in [-0.2, -0.15) is 0 Å². The van der Waals surface area contributed by atoms with Gasteiger partial charge in [0.15, 0.2) is 5.03 Å². The van der Waals surface area contributed by atoms with Crippen LogP contribution in [0.2, 0.25) is 0 Å². The van der Waals surface area contributed by atoms with Crippen LogP contribution in [0.4, 0.5) is 5.69 Å². The van der Waals surface area contributed by atoms with Gasteiger partial charge in [-0.3, -0.25) is 0 Å².